The van der Waals surface area contributed by atoms with Crippen LogP contribution in [0.25, 0.3) is 0 Å². The standard InChI is InChI=1S/C19H19F3N2O2.C4H9N/c1-26-15-6-4-5-14(12-15)23-18(25)13-7-8-17(24-9-2-3-10-24)16(11-13)19(20,21)22;1-2-4-5-3-1/h4-8,11-12H,2-3,9-10H2,1H3,(H,23,25);5H,1-4H2. The van der Waals surface area contributed by atoms with E-state index in [9.17, 15) is 18.0 Å². The van der Waals surface area contributed by atoms with Gasteiger partial charge in [-0.2, -0.15) is 13.2 Å². The van der Waals surface area contributed by atoms with Crippen LogP contribution in [-0.4, -0.2) is 39.2 Å². The molecule has 2 aromatic carbocycles. The maximum Gasteiger partial charge on any atom is 0.418 e. The average Bonchev–Trinajstić information content (AvgIpc) is 3.49. The van der Waals surface area contributed by atoms with E-state index in [1.807, 2.05) is 0 Å². The number of rotatable bonds is 4. The molecular weight excluding hydrogens is 407 g/mol. The van der Waals surface area contributed by atoms with Crippen molar-refractivity contribution in [2.45, 2.75) is 31.9 Å². The molecule has 0 aromatic heterocycles. The lowest BCUT2D eigenvalue weighted by molar-refractivity contribution is -0.137. The van der Waals surface area contributed by atoms with Crippen LogP contribution in [0, 0.1) is 0 Å². The van der Waals surface area contributed by atoms with Crippen molar-refractivity contribution in [2.75, 3.05) is 43.5 Å². The molecule has 2 N–H and O–H groups in total. The molecule has 0 atom stereocenters. The van der Waals surface area contributed by atoms with E-state index in [0.717, 1.165) is 18.9 Å². The minimum absolute atomic E-state index is 0.0388. The number of nitrogens with zero attached hydrogens (tertiary/aromatic N) is 1. The van der Waals surface area contributed by atoms with Gasteiger partial charge < -0.3 is 20.3 Å². The smallest absolute Gasteiger partial charge is 0.418 e. The fraction of sp³-hybridized carbons (Fsp3) is 0.435. The van der Waals surface area contributed by atoms with Crippen molar-refractivity contribution in [3.8, 4) is 5.75 Å². The zero-order valence-corrected chi connectivity index (χ0v) is 17.6. The van der Waals surface area contributed by atoms with Gasteiger partial charge in [-0.3, -0.25) is 4.79 Å². The van der Waals surface area contributed by atoms with Gasteiger partial charge >= 0.3 is 6.18 Å². The number of nitrogens with one attached hydrogen (secondary N) is 2. The molecule has 2 heterocycles. The Kier molecular flexibility index (Phi) is 7.79. The normalized spacial score (nSPS) is 15.9. The monoisotopic (exact) mass is 435 g/mol. The molecule has 0 bridgehead atoms. The molecule has 31 heavy (non-hydrogen) atoms. The summed E-state index contributed by atoms with van der Waals surface area (Å²) in [6.07, 6.45) is -0.00503. The molecule has 2 aliphatic rings. The summed E-state index contributed by atoms with van der Waals surface area (Å²) in [5, 5.41) is 5.82. The minimum atomic E-state index is -4.52. The Balaban J connectivity index is 0.000000478. The third-order valence-corrected chi connectivity index (χ3v) is 5.30. The van der Waals surface area contributed by atoms with E-state index in [0.29, 0.717) is 24.5 Å². The number of carbonyl (C=O) groups excluding carboxylic acids is 1. The molecule has 8 heteroatoms. The van der Waals surface area contributed by atoms with Crippen molar-refractivity contribution in [3.05, 3.63) is 53.6 Å². The Labute approximate surface area is 180 Å². The Morgan fingerprint density at radius 1 is 1.03 bits per heavy atom. The van der Waals surface area contributed by atoms with Gasteiger partial charge in [0.05, 0.1) is 12.7 Å². The van der Waals surface area contributed by atoms with E-state index in [4.69, 9.17) is 4.74 Å². The van der Waals surface area contributed by atoms with Crippen LogP contribution < -0.4 is 20.3 Å². The molecule has 0 spiro atoms. The highest BCUT2D eigenvalue weighted by Crippen LogP contribution is 2.38. The van der Waals surface area contributed by atoms with Crippen molar-refractivity contribution in [1.82, 2.24) is 5.32 Å². The van der Waals surface area contributed by atoms with Gasteiger partial charge in [0, 0.05) is 36.1 Å². The summed E-state index contributed by atoms with van der Waals surface area (Å²) in [6, 6.07) is 10.4. The van der Waals surface area contributed by atoms with E-state index in [-0.39, 0.29) is 11.3 Å². The van der Waals surface area contributed by atoms with E-state index in [2.05, 4.69) is 10.6 Å². The number of hydrogen-bond donors (Lipinski definition) is 2. The van der Waals surface area contributed by atoms with Crippen LogP contribution in [0.4, 0.5) is 24.5 Å². The van der Waals surface area contributed by atoms with Crippen LogP contribution in [0.5, 0.6) is 5.75 Å². The van der Waals surface area contributed by atoms with Crippen LogP contribution in [0.2, 0.25) is 0 Å². The zero-order valence-electron chi connectivity index (χ0n) is 17.6. The van der Waals surface area contributed by atoms with Gasteiger partial charge in [-0.25, -0.2) is 0 Å². The summed E-state index contributed by atoms with van der Waals surface area (Å²) in [7, 11) is 1.49. The summed E-state index contributed by atoms with van der Waals surface area (Å²) in [4.78, 5) is 14.1. The first-order valence-corrected chi connectivity index (χ1v) is 10.5. The van der Waals surface area contributed by atoms with Gasteiger partial charge in [0.15, 0.2) is 0 Å². The Morgan fingerprint density at radius 3 is 2.32 bits per heavy atom. The SMILES string of the molecule is C1CCNC1.COc1cccc(NC(=O)c2ccc(N3CCCC3)c(C(F)(F)F)c2)c1. The number of alkyl halides is 3. The molecule has 5 nitrogen and oxygen atoms in total. The number of hydrogen-bond acceptors (Lipinski definition) is 4. The van der Waals surface area contributed by atoms with Crippen LogP contribution in [0.3, 0.4) is 0 Å². The van der Waals surface area contributed by atoms with Gasteiger partial charge in [0.2, 0.25) is 0 Å². The third kappa shape index (κ3) is 6.37. The highest BCUT2D eigenvalue weighted by atomic mass is 19.4. The summed E-state index contributed by atoms with van der Waals surface area (Å²) in [6.45, 7) is 3.69. The Hall–Kier alpha value is -2.74. The molecule has 4 rings (SSSR count). The van der Waals surface area contributed by atoms with Crippen LogP contribution in [0.1, 0.15) is 41.6 Å². The molecule has 0 aliphatic carbocycles. The summed E-state index contributed by atoms with van der Waals surface area (Å²) >= 11 is 0. The molecule has 1 amide bonds. The lowest BCUT2D eigenvalue weighted by Gasteiger charge is -2.23. The zero-order chi connectivity index (χ0) is 22.3. The van der Waals surface area contributed by atoms with Crippen molar-refractivity contribution >= 4 is 17.3 Å². The fourth-order valence-corrected chi connectivity index (χ4v) is 3.67. The number of halogens is 3. The third-order valence-electron chi connectivity index (χ3n) is 5.30. The predicted molar refractivity (Wildman–Crippen MR) is 116 cm³/mol. The highest BCUT2D eigenvalue weighted by Gasteiger charge is 2.36. The topological polar surface area (TPSA) is 53.6 Å². The van der Waals surface area contributed by atoms with Gasteiger partial charge in [0.25, 0.3) is 5.91 Å². The number of amides is 1. The summed E-state index contributed by atoms with van der Waals surface area (Å²) in [5.74, 6) is -0.0557. The highest BCUT2D eigenvalue weighted by molar-refractivity contribution is 6.04. The number of carbonyl (C=O) groups is 1. The fourth-order valence-electron chi connectivity index (χ4n) is 3.67. The molecule has 0 saturated carbocycles. The molecular formula is C23H28F3N3O2. The lowest BCUT2D eigenvalue weighted by atomic mass is 10.1. The maximum absolute atomic E-state index is 13.5. The first-order valence-electron chi connectivity index (χ1n) is 10.5. The van der Waals surface area contributed by atoms with E-state index < -0.39 is 17.6 Å². The minimum Gasteiger partial charge on any atom is -0.497 e. The van der Waals surface area contributed by atoms with Crippen LogP contribution in [-0.2, 0) is 6.18 Å². The van der Waals surface area contributed by atoms with Crippen molar-refractivity contribution < 1.29 is 22.7 Å². The molecule has 0 radical (unpaired) electrons. The number of anilines is 2. The van der Waals surface area contributed by atoms with Crippen molar-refractivity contribution in [1.29, 1.82) is 0 Å². The predicted octanol–water partition coefficient (Wildman–Crippen LogP) is 4.94. The largest absolute Gasteiger partial charge is 0.497 e. The number of ether oxygens (including phenoxy) is 1. The lowest BCUT2D eigenvalue weighted by Crippen LogP contribution is -2.23. The van der Waals surface area contributed by atoms with E-state index in [1.165, 1.54) is 45.2 Å². The van der Waals surface area contributed by atoms with Gasteiger partial charge in [0.1, 0.15) is 5.75 Å². The quantitative estimate of drug-likeness (QED) is 0.715. The second kappa shape index (κ2) is 10.5. The molecule has 2 aliphatic heterocycles. The molecule has 0 unspecified atom stereocenters. The van der Waals surface area contributed by atoms with E-state index in [1.54, 1.807) is 29.2 Å². The van der Waals surface area contributed by atoms with Gasteiger partial charge in [-0.05, 0) is 69.1 Å². The van der Waals surface area contributed by atoms with E-state index >= 15 is 0 Å². The second-order valence-corrected chi connectivity index (χ2v) is 7.57. The first-order chi connectivity index (χ1) is 14.9. The summed E-state index contributed by atoms with van der Waals surface area (Å²) < 4.78 is 45.6. The van der Waals surface area contributed by atoms with Crippen LogP contribution in [0.15, 0.2) is 42.5 Å². The van der Waals surface area contributed by atoms with Crippen molar-refractivity contribution in [2.24, 2.45) is 0 Å². The average molecular weight is 435 g/mol. The Morgan fingerprint density at radius 2 is 1.74 bits per heavy atom. The summed E-state index contributed by atoms with van der Waals surface area (Å²) in [5.41, 5.74) is -0.236. The van der Waals surface area contributed by atoms with Crippen molar-refractivity contribution in [3.63, 3.8) is 0 Å². The first kappa shape index (κ1) is 22.9. The molecule has 168 valence electrons. The molecule has 2 saturated heterocycles. The maximum atomic E-state index is 13.5. The van der Waals surface area contributed by atoms with Gasteiger partial charge in [-0.1, -0.05) is 6.07 Å². The Bertz CT molecular complexity index is 869. The molecule has 2 aromatic rings. The number of methoxy groups -OCH3 is 1. The number of benzene rings is 2. The molecule has 2 fully saturated rings. The van der Waals surface area contributed by atoms with Crippen LogP contribution >= 0.6 is 0 Å². The van der Waals surface area contributed by atoms with Gasteiger partial charge in [-0.15, -0.1) is 0 Å². The second-order valence-electron chi connectivity index (χ2n) is 7.57.